The van der Waals surface area contributed by atoms with E-state index in [1.807, 2.05) is 0 Å². The van der Waals surface area contributed by atoms with Crippen LogP contribution in [0.4, 0.5) is 5.69 Å². The van der Waals surface area contributed by atoms with E-state index >= 15 is 0 Å². The lowest BCUT2D eigenvalue weighted by Crippen LogP contribution is -2.06. The van der Waals surface area contributed by atoms with Crippen LogP contribution in [0.1, 0.15) is 0 Å². The van der Waals surface area contributed by atoms with Crippen LogP contribution in [0.15, 0.2) is 24.3 Å². The van der Waals surface area contributed by atoms with Gasteiger partial charge < -0.3 is 10.3 Å². The summed E-state index contributed by atoms with van der Waals surface area (Å²) in [7, 11) is 0. The number of rotatable bonds is 4. The Balaban J connectivity index is 2.53. The van der Waals surface area contributed by atoms with Gasteiger partial charge in [0, 0.05) is 5.69 Å². The minimum Gasteiger partial charge on any atom is -0.324 e. The summed E-state index contributed by atoms with van der Waals surface area (Å²) in [6.45, 7) is 0. The van der Waals surface area contributed by atoms with Crippen molar-refractivity contribution in [1.82, 2.24) is 0 Å². The molecule has 1 rings (SSSR count). The van der Waals surface area contributed by atoms with Gasteiger partial charge in [-0.2, -0.15) is 0 Å². The highest BCUT2D eigenvalue weighted by Crippen LogP contribution is 2.15. The van der Waals surface area contributed by atoms with Crippen molar-refractivity contribution in [3.63, 3.8) is 0 Å². The number of nitrogens with two attached hydrogens (primary N) is 2. The zero-order chi connectivity index (χ0) is 8.81. The molecule has 0 fully saturated rings. The summed E-state index contributed by atoms with van der Waals surface area (Å²) in [5.41, 5.74) is 3.28. The molecule has 0 radical (unpaired) electrons. The summed E-state index contributed by atoms with van der Waals surface area (Å²) in [5.74, 6) is 5.72. The molecule has 0 spiro atoms. The van der Waals surface area contributed by atoms with Crippen molar-refractivity contribution in [2.24, 2.45) is 11.0 Å². The van der Waals surface area contributed by atoms with Crippen molar-refractivity contribution in [2.45, 2.75) is 0 Å². The van der Waals surface area contributed by atoms with E-state index in [4.69, 9.17) is 15.9 Å². The summed E-state index contributed by atoms with van der Waals surface area (Å²) in [4.78, 5) is 4.72. The van der Waals surface area contributed by atoms with Gasteiger partial charge in [-0.15, -0.1) is 0 Å². The Morgan fingerprint density at radius 2 is 1.92 bits per heavy atom. The van der Waals surface area contributed by atoms with E-state index in [9.17, 15) is 0 Å². The molecule has 0 saturated carbocycles. The summed E-state index contributed by atoms with van der Waals surface area (Å²) >= 11 is 0.644. The van der Waals surface area contributed by atoms with Gasteiger partial charge in [0.25, 0.3) is 0 Å². The molecule has 0 aromatic heterocycles. The zero-order valence-corrected chi connectivity index (χ0v) is 7.01. The van der Waals surface area contributed by atoms with E-state index in [2.05, 4.69) is 9.76 Å². The van der Waals surface area contributed by atoms with Gasteiger partial charge in [-0.1, -0.05) is 4.33 Å². The van der Waals surface area contributed by atoms with Crippen LogP contribution in [0.2, 0.25) is 0 Å². The number of hydrogen-bond acceptors (Lipinski definition) is 6. The van der Waals surface area contributed by atoms with Crippen LogP contribution in [0, 0.1) is 0 Å². The van der Waals surface area contributed by atoms with E-state index in [1.165, 1.54) is 0 Å². The minimum absolute atomic E-state index is 0.562. The van der Waals surface area contributed by atoms with Gasteiger partial charge >= 0.3 is 0 Å². The Labute approximate surface area is 74.3 Å². The molecule has 0 unspecified atom stereocenters. The van der Waals surface area contributed by atoms with Crippen LogP contribution in [-0.4, -0.2) is 0 Å². The quantitative estimate of drug-likeness (QED) is 0.213. The van der Waals surface area contributed by atoms with Gasteiger partial charge in [-0.05, 0) is 24.3 Å². The first-order valence-electron chi connectivity index (χ1n) is 3.13. The standard InChI is InChI=1S/C6H9N3O2S/c7-9-5-1-3-6(4-2-5)10-11-12-8/h1-4,9H,7-8H2. The predicted octanol–water partition coefficient (Wildman–Crippen LogP) is 0.805. The Bertz CT molecular complexity index is 229. The van der Waals surface area contributed by atoms with Crippen molar-refractivity contribution in [1.29, 1.82) is 0 Å². The number of hydrazine groups is 1. The lowest BCUT2D eigenvalue weighted by Gasteiger charge is -2.02. The van der Waals surface area contributed by atoms with Crippen molar-refractivity contribution in [3.8, 4) is 5.75 Å². The van der Waals surface area contributed by atoms with Crippen LogP contribution in [0.3, 0.4) is 0 Å². The van der Waals surface area contributed by atoms with Crippen LogP contribution >= 0.6 is 12.2 Å². The number of benzene rings is 1. The fourth-order valence-corrected chi connectivity index (χ4v) is 0.783. The molecule has 1 aromatic rings. The molecule has 5 N–H and O–H groups in total. The largest absolute Gasteiger partial charge is 0.324 e. The second kappa shape index (κ2) is 4.83. The van der Waals surface area contributed by atoms with Gasteiger partial charge in [-0.3, -0.25) is 11.0 Å². The Hall–Kier alpha value is -0.950. The summed E-state index contributed by atoms with van der Waals surface area (Å²) in [6, 6.07) is 6.90. The van der Waals surface area contributed by atoms with E-state index < -0.39 is 0 Å². The van der Waals surface area contributed by atoms with Crippen molar-refractivity contribution >= 4 is 17.9 Å². The van der Waals surface area contributed by atoms with Gasteiger partial charge in [0.2, 0.25) is 0 Å². The topological polar surface area (TPSA) is 82.5 Å². The van der Waals surface area contributed by atoms with Gasteiger partial charge in [-0.25, -0.2) is 0 Å². The lowest BCUT2D eigenvalue weighted by atomic mass is 10.3. The third-order valence-corrected chi connectivity index (χ3v) is 1.34. The van der Waals surface area contributed by atoms with Crippen LogP contribution in [-0.2, 0) is 4.33 Å². The second-order valence-electron chi connectivity index (χ2n) is 1.92. The highest BCUT2D eigenvalue weighted by atomic mass is 32.2. The molecule has 0 atom stereocenters. The van der Waals surface area contributed by atoms with Gasteiger partial charge in [0.05, 0.1) is 0 Å². The number of nitrogens with one attached hydrogen (secondary N) is 1. The van der Waals surface area contributed by atoms with Gasteiger partial charge in [0.1, 0.15) is 12.2 Å². The monoisotopic (exact) mass is 187 g/mol. The highest BCUT2D eigenvalue weighted by molar-refractivity contribution is 7.92. The summed E-state index contributed by atoms with van der Waals surface area (Å²) in [5, 5.41) is 4.97. The fourth-order valence-electron chi connectivity index (χ4n) is 0.666. The molecule has 0 aliphatic carbocycles. The number of nitrogen functional groups attached to an aromatic ring is 1. The van der Waals surface area contributed by atoms with E-state index in [-0.39, 0.29) is 0 Å². The maximum absolute atomic E-state index is 5.15. The van der Waals surface area contributed by atoms with E-state index in [0.29, 0.717) is 18.0 Å². The molecule has 6 heteroatoms. The molecule has 5 nitrogen and oxygen atoms in total. The molecule has 0 heterocycles. The average molecular weight is 187 g/mol. The van der Waals surface area contributed by atoms with Crippen molar-refractivity contribution in [2.75, 3.05) is 5.43 Å². The maximum Gasteiger partial charge on any atom is 0.166 e. The molecule has 0 amide bonds. The Morgan fingerprint density at radius 1 is 1.25 bits per heavy atom. The van der Waals surface area contributed by atoms with E-state index in [0.717, 1.165) is 5.69 Å². The Kier molecular flexibility index (Phi) is 3.68. The second-order valence-corrected chi connectivity index (χ2v) is 2.24. The SMILES string of the molecule is NNc1ccc(OOSN)cc1. The third kappa shape index (κ3) is 2.59. The molecule has 12 heavy (non-hydrogen) atoms. The predicted molar refractivity (Wildman–Crippen MR) is 47.7 cm³/mol. The number of hydrogen-bond donors (Lipinski definition) is 3. The molecule has 0 saturated heterocycles. The normalized spacial score (nSPS) is 9.50. The first-order valence-corrected chi connectivity index (χ1v) is 3.94. The maximum atomic E-state index is 5.15. The minimum atomic E-state index is 0.562. The zero-order valence-electron chi connectivity index (χ0n) is 6.19. The van der Waals surface area contributed by atoms with Crippen molar-refractivity contribution in [3.05, 3.63) is 24.3 Å². The first-order chi connectivity index (χ1) is 5.86. The van der Waals surface area contributed by atoms with Crippen LogP contribution < -0.4 is 21.3 Å². The molecule has 0 aliphatic rings. The molecule has 0 aliphatic heterocycles. The number of anilines is 1. The van der Waals surface area contributed by atoms with Gasteiger partial charge in [0.15, 0.2) is 5.75 Å². The van der Waals surface area contributed by atoms with Crippen LogP contribution in [0.25, 0.3) is 0 Å². The third-order valence-electron chi connectivity index (χ3n) is 1.19. The molecule has 1 aromatic carbocycles. The molecule has 0 bridgehead atoms. The van der Waals surface area contributed by atoms with Crippen LogP contribution in [0.5, 0.6) is 5.75 Å². The molecule has 66 valence electrons. The Morgan fingerprint density at radius 3 is 2.42 bits per heavy atom. The molecular formula is C6H9N3O2S. The van der Waals surface area contributed by atoms with Crippen molar-refractivity contribution < 1.29 is 9.22 Å². The molecular weight excluding hydrogens is 178 g/mol. The average Bonchev–Trinajstić information content (AvgIpc) is 2.15. The first kappa shape index (κ1) is 9.14. The summed E-state index contributed by atoms with van der Waals surface area (Å²) < 4.78 is 4.44. The lowest BCUT2D eigenvalue weighted by molar-refractivity contribution is -0.0777. The van der Waals surface area contributed by atoms with E-state index in [1.54, 1.807) is 24.3 Å². The highest BCUT2D eigenvalue weighted by Gasteiger charge is 1.93. The summed E-state index contributed by atoms with van der Waals surface area (Å²) in [6.07, 6.45) is 0. The fraction of sp³-hybridized carbons (Fsp3) is 0. The smallest absolute Gasteiger partial charge is 0.166 e.